The summed E-state index contributed by atoms with van der Waals surface area (Å²) in [6.45, 7) is 6.47. The van der Waals surface area contributed by atoms with Crippen LogP contribution < -0.4 is 0 Å². The van der Waals surface area contributed by atoms with Gasteiger partial charge >= 0.3 is 0 Å². The zero-order valence-electron chi connectivity index (χ0n) is 11.8. The lowest BCUT2D eigenvalue weighted by molar-refractivity contribution is -0.126. The zero-order chi connectivity index (χ0) is 14.0. The molecule has 1 heterocycles. The largest absolute Gasteiger partial charge is 0.299 e. The third-order valence-electron chi connectivity index (χ3n) is 3.69. The van der Waals surface area contributed by atoms with Crippen LogP contribution >= 0.6 is 11.3 Å². The zero-order valence-corrected chi connectivity index (χ0v) is 12.6. The van der Waals surface area contributed by atoms with Gasteiger partial charge in [0, 0.05) is 23.4 Å². The van der Waals surface area contributed by atoms with E-state index in [1.807, 2.05) is 6.20 Å². The molecule has 0 aromatic carbocycles. The average Bonchev–Trinajstić information content (AvgIpc) is 2.70. The summed E-state index contributed by atoms with van der Waals surface area (Å²) in [5, 5.41) is 9.53. The molecule has 19 heavy (non-hydrogen) atoms. The van der Waals surface area contributed by atoms with E-state index in [-0.39, 0.29) is 11.3 Å². The van der Waals surface area contributed by atoms with Crippen LogP contribution in [0.4, 0.5) is 0 Å². The van der Waals surface area contributed by atoms with Crippen molar-refractivity contribution >= 4 is 17.1 Å². The maximum absolute atomic E-state index is 12.1. The lowest BCUT2D eigenvalue weighted by atomic mass is 9.71. The fraction of sp³-hybridized carbons (Fsp3) is 0.667. The first-order valence-corrected chi connectivity index (χ1v) is 7.56. The average molecular weight is 276 g/mol. The highest BCUT2D eigenvalue weighted by atomic mass is 32.1. The lowest BCUT2D eigenvalue weighted by Crippen LogP contribution is -2.31. The van der Waals surface area contributed by atoms with Gasteiger partial charge in [0.05, 0.1) is 12.5 Å². The minimum absolute atomic E-state index is 0.104. The van der Waals surface area contributed by atoms with E-state index in [0.29, 0.717) is 24.5 Å². The molecule has 1 fully saturated rings. The van der Waals surface area contributed by atoms with E-state index in [2.05, 4.69) is 31.8 Å². The highest BCUT2D eigenvalue weighted by molar-refractivity contribution is 7.11. The molecule has 0 amide bonds. The van der Waals surface area contributed by atoms with E-state index in [1.165, 1.54) is 4.88 Å². The number of thiazole rings is 1. The van der Waals surface area contributed by atoms with Crippen molar-refractivity contribution in [2.75, 3.05) is 0 Å². The maximum atomic E-state index is 12.1. The molecule has 0 aliphatic heterocycles. The number of aromatic nitrogens is 1. The molecule has 3 nitrogen and oxygen atoms in total. The highest BCUT2D eigenvalue weighted by Gasteiger charge is 2.34. The van der Waals surface area contributed by atoms with Crippen molar-refractivity contribution in [3.05, 3.63) is 16.1 Å². The van der Waals surface area contributed by atoms with Gasteiger partial charge in [-0.25, -0.2) is 4.98 Å². The molecule has 0 N–H and O–H groups in total. The Balaban J connectivity index is 1.87. The number of nitrogens with zero attached hydrogens (tertiary/aromatic N) is 2. The molecule has 0 radical (unpaired) electrons. The molecule has 1 saturated carbocycles. The van der Waals surface area contributed by atoms with E-state index in [1.54, 1.807) is 11.3 Å². The van der Waals surface area contributed by atoms with E-state index in [4.69, 9.17) is 5.26 Å². The van der Waals surface area contributed by atoms with Crippen LogP contribution in [0.1, 0.15) is 49.9 Å². The summed E-state index contributed by atoms with van der Waals surface area (Å²) in [5.41, 5.74) is 0.104. The van der Waals surface area contributed by atoms with Crippen LogP contribution in [0.5, 0.6) is 0 Å². The highest BCUT2D eigenvalue weighted by Crippen LogP contribution is 2.37. The smallest absolute Gasteiger partial charge is 0.142 e. The van der Waals surface area contributed by atoms with Crippen LogP contribution in [0.25, 0.3) is 0 Å². The van der Waals surface area contributed by atoms with E-state index in [0.717, 1.165) is 17.8 Å². The second-order valence-corrected chi connectivity index (χ2v) is 7.52. The van der Waals surface area contributed by atoms with Crippen molar-refractivity contribution in [1.29, 1.82) is 5.26 Å². The van der Waals surface area contributed by atoms with Crippen LogP contribution in [-0.4, -0.2) is 10.8 Å². The van der Waals surface area contributed by atoms with Gasteiger partial charge in [-0.1, -0.05) is 20.8 Å². The molecule has 0 bridgehead atoms. The first kappa shape index (κ1) is 14.2. The number of rotatable bonds is 4. The second-order valence-electron chi connectivity index (χ2n) is 6.41. The van der Waals surface area contributed by atoms with Crippen LogP contribution in [0.2, 0.25) is 0 Å². The molecule has 1 aliphatic carbocycles. The van der Waals surface area contributed by atoms with Crippen LogP contribution in [0, 0.1) is 23.2 Å². The Labute approximate surface area is 118 Å². The van der Waals surface area contributed by atoms with Gasteiger partial charge < -0.3 is 0 Å². The summed E-state index contributed by atoms with van der Waals surface area (Å²) in [6.07, 6.45) is 4.74. The minimum Gasteiger partial charge on any atom is -0.299 e. The second kappa shape index (κ2) is 5.42. The molecular weight excluding hydrogens is 256 g/mol. The predicted octanol–water partition coefficient (Wildman–Crippen LogP) is 3.49. The summed E-state index contributed by atoms with van der Waals surface area (Å²) in [7, 11) is 0. The van der Waals surface area contributed by atoms with Crippen molar-refractivity contribution < 1.29 is 4.79 Å². The number of hydrogen-bond donors (Lipinski definition) is 0. The van der Waals surface area contributed by atoms with Gasteiger partial charge in [0.25, 0.3) is 0 Å². The van der Waals surface area contributed by atoms with Crippen molar-refractivity contribution in [1.82, 2.24) is 4.98 Å². The molecule has 1 aliphatic rings. The molecule has 4 heteroatoms. The Kier molecular flexibility index (Phi) is 4.05. The molecule has 0 spiro atoms. The van der Waals surface area contributed by atoms with Crippen molar-refractivity contribution in [2.45, 2.75) is 51.9 Å². The standard InChI is InChI=1S/C15H20N2OS/c1-15(2,3)13-9-17-14(19-13)8-12(18)11-6-10(7-11)4-5-16/h9-11H,4,6-8H2,1-3H3. The predicted molar refractivity (Wildman–Crippen MR) is 76.0 cm³/mol. The summed E-state index contributed by atoms with van der Waals surface area (Å²) in [6, 6.07) is 2.18. The fourth-order valence-corrected chi connectivity index (χ4v) is 3.31. The molecule has 0 atom stereocenters. The van der Waals surface area contributed by atoms with E-state index in [9.17, 15) is 4.79 Å². The molecule has 102 valence electrons. The summed E-state index contributed by atoms with van der Waals surface area (Å²) < 4.78 is 0. The quantitative estimate of drug-likeness (QED) is 0.845. The van der Waals surface area contributed by atoms with Gasteiger partial charge in [0.2, 0.25) is 0 Å². The normalized spacial score (nSPS) is 22.6. The maximum Gasteiger partial charge on any atom is 0.142 e. The summed E-state index contributed by atoms with van der Waals surface area (Å²) in [4.78, 5) is 17.7. The monoisotopic (exact) mass is 276 g/mol. The molecule has 2 rings (SSSR count). The summed E-state index contributed by atoms with van der Waals surface area (Å²) >= 11 is 1.65. The van der Waals surface area contributed by atoms with E-state index < -0.39 is 0 Å². The first-order chi connectivity index (χ1) is 8.90. The van der Waals surface area contributed by atoms with Gasteiger partial charge in [-0.05, 0) is 24.2 Å². The Morgan fingerprint density at radius 2 is 2.21 bits per heavy atom. The third kappa shape index (κ3) is 3.42. The summed E-state index contributed by atoms with van der Waals surface area (Å²) in [5.74, 6) is 0.907. The number of carbonyl (C=O) groups excluding carboxylic acids is 1. The Morgan fingerprint density at radius 3 is 2.74 bits per heavy atom. The Hall–Kier alpha value is -1.21. The number of carbonyl (C=O) groups is 1. The van der Waals surface area contributed by atoms with Gasteiger partial charge in [0.15, 0.2) is 0 Å². The molecular formula is C15H20N2OS. The van der Waals surface area contributed by atoms with Crippen molar-refractivity contribution in [3.63, 3.8) is 0 Å². The lowest BCUT2D eigenvalue weighted by Gasteiger charge is -2.32. The fourth-order valence-electron chi connectivity index (χ4n) is 2.33. The van der Waals surface area contributed by atoms with Crippen molar-refractivity contribution in [3.8, 4) is 6.07 Å². The number of nitriles is 1. The number of ketones is 1. The van der Waals surface area contributed by atoms with Gasteiger partial charge in [-0.3, -0.25) is 4.79 Å². The molecule has 1 aromatic heterocycles. The number of Topliss-reactive ketones (excluding diaryl/α,β-unsaturated/α-hetero) is 1. The molecule has 1 aromatic rings. The minimum atomic E-state index is 0.104. The van der Waals surface area contributed by atoms with Crippen LogP contribution in [0.15, 0.2) is 6.20 Å². The Bertz CT molecular complexity index is 501. The van der Waals surface area contributed by atoms with Crippen molar-refractivity contribution in [2.24, 2.45) is 11.8 Å². The van der Waals surface area contributed by atoms with Gasteiger partial charge in [-0.15, -0.1) is 11.3 Å². The molecule has 0 unspecified atom stereocenters. The third-order valence-corrected chi connectivity index (χ3v) is 5.11. The van der Waals surface area contributed by atoms with Crippen LogP contribution in [0.3, 0.4) is 0 Å². The molecule has 0 saturated heterocycles. The number of hydrogen-bond acceptors (Lipinski definition) is 4. The Morgan fingerprint density at radius 1 is 1.53 bits per heavy atom. The van der Waals surface area contributed by atoms with E-state index >= 15 is 0 Å². The first-order valence-electron chi connectivity index (χ1n) is 6.75. The topological polar surface area (TPSA) is 53.8 Å². The van der Waals surface area contributed by atoms with Gasteiger partial charge in [0.1, 0.15) is 10.8 Å². The van der Waals surface area contributed by atoms with Crippen LogP contribution in [-0.2, 0) is 16.6 Å². The van der Waals surface area contributed by atoms with Gasteiger partial charge in [-0.2, -0.15) is 5.26 Å². The SMILES string of the molecule is CC(C)(C)c1cnc(CC(=O)C2CC(CC#N)C2)s1.